The largest absolute Gasteiger partial charge is 0.300 e. The van der Waals surface area contributed by atoms with Crippen molar-refractivity contribution >= 4 is 5.78 Å². The molecule has 1 rings (SSSR count). The van der Waals surface area contributed by atoms with E-state index in [9.17, 15) is 4.79 Å². The van der Waals surface area contributed by atoms with Crippen LogP contribution in [0.3, 0.4) is 0 Å². The Balaban J connectivity index is 2.41. The van der Waals surface area contributed by atoms with Gasteiger partial charge in [0.2, 0.25) is 0 Å². The van der Waals surface area contributed by atoms with Gasteiger partial charge in [0.25, 0.3) is 0 Å². The first-order chi connectivity index (χ1) is 6.24. The number of carbonyl (C=O) groups is 1. The van der Waals surface area contributed by atoms with Gasteiger partial charge in [-0.2, -0.15) is 0 Å². The minimum Gasteiger partial charge on any atom is -0.300 e. The second kappa shape index (κ2) is 5.38. The summed E-state index contributed by atoms with van der Waals surface area (Å²) in [5.74, 6) is 0.341. The average molecular weight is 183 g/mol. The lowest BCUT2D eigenvalue weighted by atomic mass is 9.98. The topological polar surface area (TPSA) is 20.3 Å². The molecule has 76 valence electrons. The van der Waals surface area contributed by atoms with Crippen molar-refractivity contribution in [3.63, 3.8) is 0 Å². The summed E-state index contributed by atoms with van der Waals surface area (Å²) in [6, 6.07) is 0.547. The molecular weight excluding hydrogens is 162 g/mol. The molecule has 1 aliphatic rings. The highest BCUT2D eigenvalue weighted by Gasteiger charge is 2.22. The van der Waals surface area contributed by atoms with Crippen LogP contribution >= 0.6 is 0 Å². The van der Waals surface area contributed by atoms with Crippen LogP contribution in [0, 0.1) is 0 Å². The quantitative estimate of drug-likeness (QED) is 0.666. The Labute approximate surface area is 81.3 Å². The van der Waals surface area contributed by atoms with E-state index in [1.54, 1.807) is 6.92 Å². The monoisotopic (exact) mass is 183 g/mol. The van der Waals surface area contributed by atoms with E-state index in [2.05, 4.69) is 11.8 Å². The molecule has 0 amide bonds. The van der Waals surface area contributed by atoms with E-state index in [0.717, 1.165) is 13.0 Å². The summed E-state index contributed by atoms with van der Waals surface area (Å²) in [6.45, 7) is 6.28. The minimum absolute atomic E-state index is 0.341. The zero-order chi connectivity index (χ0) is 9.68. The van der Waals surface area contributed by atoms with Gasteiger partial charge >= 0.3 is 0 Å². The lowest BCUT2D eigenvalue weighted by Gasteiger charge is -2.35. The molecule has 0 spiro atoms. The Morgan fingerprint density at radius 2 is 2.23 bits per heavy atom. The number of nitrogens with zero attached hydrogens (tertiary/aromatic N) is 1. The Morgan fingerprint density at radius 3 is 2.85 bits per heavy atom. The van der Waals surface area contributed by atoms with E-state index in [1.165, 1.54) is 32.2 Å². The summed E-state index contributed by atoms with van der Waals surface area (Å²) in [5, 5.41) is 0. The fourth-order valence-corrected chi connectivity index (χ4v) is 2.20. The molecule has 1 heterocycles. The lowest BCUT2D eigenvalue weighted by molar-refractivity contribution is -0.118. The standard InChI is InChI=1S/C11H21NO/c1-3-7-12-8-5-4-6-11(12)9-10(2)13/h11H,3-9H2,1-2H3. The van der Waals surface area contributed by atoms with Gasteiger partial charge in [-0.05, 0) is 39.3 Å². The van der Waals surface area contributed by atoms with E-state index in [4.69, 9.17) is 0 Å². The van der Waals surface area contributed by atoms with Crippen molar-refractivity contribution in [1.82, 2.24) is 4.90 Å². The molecule has 1 aliphatic heterocycles. The number of ketones is 1. The van der Waals surface area contributed by atoms with Gasteiger partial charge in [-0.15, -0.1) is 0 Å². The van der Waals surface area contributed by atoms with Crippen molar-refractivity contribution < 1.29 is 4.79 Å². The van der Waals surface area contributed by atoms with Gasteiger partial charge in [0.15, 0.2) is 0 Å². The number of rotatable bonds is 4. The Bertz CT molecular complexity index is 165. The molecule has 0 aromatic rings. The van der Waals surface area contributed by atoms with Crippen molar-refractivity contribution in [3.8, 4) is 0 Å². The second-order valence-electron chi connectivity index (χ2n) is 4.09. The van der Waals surface area contributed by atoms with Gasteiger partial charge in [-0.1, -0.05) is 13.3 Å². The first-order valence-electron chi connectivity index (χ1n) is 5.47. The van der Waals surface area contributed by atoms with Gasteiger partial charge in [0.1, 0.15) is 5.78 Å². The summed E-state index contributed by atoms with van der Waals surface area (Å²) in [4.78, 5) is 13.5. The number of likely N-dealkylation sites (tertiary alicyclic amines) is 1. The van der Waals surface area contributed by atoms with Crippen LogP contribution in [0.15, 0.2) is 0 Å². The van der Waals surface area contributed by atoms with Gasteiger partial charge in [-0.3, -0.25) is 9.69 Å². The van der Waals surface area contributed by atoms with Crippen molar-refractivity contribution in [3.05, 3.63) is 0 Å². The molecule has 0 aromatic heterocycles. The molecule has 0 bridgehead atoms. The SMILES string of the molecule is CCCN1CCCCC1CC(C)=O. The summed E-state index contributed by atoms with van der Waals surface area (Å²) in [7, 11) is 0. The van der Waals surface area contributed by atoms with E-state index >= 15 is 0 Å². The molecule has 2 nitrogen and oxygen atoms in total. The first-order valence-corrected chi connectivity index (χ1v) is 5.47. The summed E-state index contributed by atoms with van der Waals surface area (Å²) < 4.78 is 0. The Kier molecular flexibility index (Phi) is 4.43. The molecule has 0 saturated carbocycles. The fraction of sp³-hybridized carbons (Fsp3) is 0.909. The van der Waals surface area contributed by atoms with Gasteiger partial charge in [-0.25, -0.2) is 0 Å². The summed E-state index contributed by atoms with van der Waals surface area (Å²) >= 11 is 0. The highest BCUT2D eigenvalue weighted by atomic mass is 16.1. The fourth-order valence-electron chi connectivity index (χ4n) is 2.20. The highest BCUT2D eigenvalue weighted by molar-refractivity contribution is 5.76. The van der Waals surface area contributed by atoms with E-state index in [1.807, 2.05) is 0 Å². The molecule has 0 radical (unpaired) electrons. The predicted molar refractivity (Wildman–Crippen MR) is 54.8 cm³/mol. The number of hydrogen-bond donors (Lipinski definition) is 0. The van der Waals surface area contributed by atoms with Crippen LogP contribution in [0.2, 0.25) is 0 Å². The van der Waals surface area contributed by atoms with Crippen LogP contribution in [0.1, 0.15) is 46.0 Å². The maximum Gasteiger partial charge on any atom is 0.131 e. The first kappa shape index (κ1) is 10.7. The molecule has 1 atom stereocenters. The molecule has 13 heavy (non-hydrogen) atoms. The highest BCUT2D eigenvalue weighted by Crippen LogP contribution is 2.19. The Hall–Kier alpha value is -0.370. The predicted octanol–water partition coefficient (Wildman–Crippen LogP) is 2.23. The zero-order valence-electron chi connectivity index (χ0n) is 8.88. The number of carbonyl (C=O) groups excluding carboxylic acids is 1. The van der Waals surface area contributed by atoms with Crippen LogP contribution in [0.4, 0.5) is 0 Å². The van der Waals surface area contributed by atoms with Crippen molar-refractivity contribution in [2.75, 3.05) is 13.1 Å². The van der Waals surface area contributed by atoms with Crippen molar-refractivity contribution in [1.29, 1.82) is 0 Å². The summed E-state index contributed by atoms with van der Waals surface area (Å²) in [5.41, 5.74) is 0. The normalized spacial score (nSPS) is 24.6. The molecule has 0 N–H and O–H groups in total. The number of piperidine rings is 1. The maximum atomic E-state index is 11.0. The van der Waals surface area contributed by atoms with Gasteiger partial charge in [0.05, 0.1) is 0 Å². The molecule has 2 heteroatoms. The average Bonchev–Trinajstić information content (AvgIpc) is 2.08. The van der Waals surface area contributed by atoms with E-state index < -0.39 is 0 Å². The lowest BCUT2D eigenvalue weighted by Crippen LogP contribution is -2.40. The third-order valence-corrected chi connectivity index (χ3v) is 2.78. The van der Waals surface area contributed by atoms with Crippen LogP contribution < -0.4 is 0 Å². The second-order valence-corrected chi connectivity index (χ2v) is 4.09. The number of Topliss-reactive ketones (excluding diaryl/α,β-unsaturated/α-hetero) is 1. The number of hydrogen-bond acceptors (Lipinski definition) is 2. The molecule has 1 fully saturated rings. The minimum atomic E-state index is 0.341. The van der Waals surface area contributed by atoms with Crippen LogP contribution in [-0.2, 0) is 4.79 Å². The van der Waals surface area contributed by atoms with Crippen LogP contribution in [0.25, 0.3) is 0 Å². The van der Waals surface area contributed by atoms with Crippen LogP contribution in [0.5, 0.6) is 0 Å². The van der Waals surface area contributed by atoms with Crippen LogP contribution in [-0.4, -0.2) is 29.8 Å². The Morgan fingerprint density at radius 1 is 1.46 bits per heavy atom. The molecule has 0 aromatic carbocycles. The maximum absolute atomic E-state index is 11.0. The third-order valence-electron chi connectivity index (χ3n) is 2.78. The van der Waals surface area contributed by atoms with E-state index in [-0.39, 0.29) is 0 Å². The molecule has 1 saturated heterocycles. The zero-order valence-corrected chi connectivity index (χ0v) is 8.88. The van der Waals surface area contributed by atoms with Crippen molar-refractivity contribution in [2.24, 2.45) is 0 Å². The third kappa shape index (κ3) is 3.47. The molecular formula is C11H21NO. The van der Waals surface area contributed by atoms with Gasteiger partial charge < -0.3 is 0 Å². The smallest absolute Gasteiger partial charge is 0.131 e. The summed E-state index contributed by atoms with van der Waals surface area (Å²) in [6.07, 6.45) is 5.81. The molecule has 0 aliphatic carbocycles. The van der Waals surface area contributed by atoms with E-state index in [0.29, 0.717) is 11.8 Å². The van der Waals surface area contributed by atoms with Crippen molar-refractivity contribution in [2.45, 2.75) is 52.0 Å². The van der Waals surface area contributed by atoms with Gasteiger partial charge in [0, 0.05) is 12.5 Å². The molecule has 1 unspecified atom stereocenters.